The van der Waals surface area contributed by atoms with E-state index < -0.39 is 0 Å². The molecule has 0 atom stereocenters. The third kappa shape index (κ3) is 2.55. The van der Waals surface area contributed by atoms with Crippen LogP contribution in [0, 0.1) is 0 Å². The Morgan fingerprint density at radius 1 is 0.842 bits per heavy atom. The van der Waals surface area contributed by atoms with Crippen molar-refractivity contribution >= 4 is 0 Å². The fourth-order valence-corrected chi connectivity index (χ4v) is 2.83. The molecule has 0 fully saturated rings. The molecule has 2 aromatic rings. The quantitative estimate of drug-likeness (QED) is 0.908. The van der Waals surface area contributed by atoms with Gasteiger partial charge in [-0.3, -0.25) is 4.90 Å². The molecule has 0 saturated heterocycles. The summed E-state index contributed by atoms with van der Waals surface area (Å²) in [6.07, 6.45) is 0.838. The van der Waals surface area contributed by atoms with Crippen molar-refractivity contribution in [3.63, 3.8) is 0 Å². The van der Waals surface area contributed by atoms with Crippen molar-refractivity contribution < 1.29 is 5.11 Å². The zero-order valence-electron chi connectivity index (χ0n) is 11.0. The van der Waals surface area contributed by atoms with Crippen molar-refractivity contribution in [1.82, 2.24) is 4.90 Å². The molecule has 2 aromatic carbocycles. The van der Waals surface area contributed by atoms with Gasteiger partial charge in [0.05, 0.1) is 0 Å². The van der Waals surface area contributed by atoms with Gasteiger partial charge < -0.3 is 5.11 Å². The molecule has 0 saturated carbocycles. The van der Waals surface area contributed by atoms with Crippen LogP contribution in [0.4, 0.5) is 0 Å². The predicted molar refractivity (Wildman–Crippen MR) is 77.7 cm³/mol. The highest BCUT2D eigenvalue weighted by atomic mass is 16.3. The molecule has 98 valence electrons. The summed E-state index contributed by atoms with van der Waals surface area (Å²) in [5.74, 6) is 0. The second-order valence-corrected chi connectivity index (χ2v) is 5.10. The number of rotatable bonds is 3. The fraction of sp³-hybridized carbons (Fsp3) is 0.294. The maximum absolute atomic E-state index is 9.03. The molecule has 1 N–H and O–H groups in total. The lowest BCUT2D eigenvalue weighted by Gasteiger charge is -2.20. The van der Waals surface area contributed by atoms with Gasteiger partial charge in [0.15, 0.2) is 0 Å². The molecular weight excluding hydrogens is 234 g/mol. The van der Waals surface area contributed by atoms with Crippen molar-refractivity contribution in [3.8, 4) is 11.1 Å². The minimum absolute atomic E-state index is 0.264. The second-order valence-electron chi connectivity index (χ2n) is 5.10. The molecule has 1 aliphatic rings. The lowest BCUT2D eigenvalue weighted by Crippen LogP contribution is -2.23. The van der Waals surface area contributed by atoms with E-state index in [2.05, 4.69) is 53.4 Å². The van der Waals surface area contributed by atoms with Crippen molar-refractivity contribution in [2.45, 2.75) is 19.5 Å². The molecule has 0 aromatic heterocycles. The van der Waals surface area contributed by atoms with E-state index in [1.54, 1.807) is 0 Å². The lowest BCUT2D eigenvalue weighted by molar-refractivity contribution is 0.214. The maximum Gasteiger partial charge on any atom is 0.0443 e. The molecule has 0 amide bonds. The summed E-state index contributed by atoms with van der Waals surface area (Å²) in [5.41, 5.74) is 5.46. The Bertz CT molecular complexity index is 517. The predicted octanol–water partition coefficient (Wildman–Crippen LogP) is 3.05. The standard InChI is InChI=1S/C17H19NO/c19-11-5-10-18-12-14-6-1-3-8-16(14)17-9-4-2-7-15(17)13-18/h1-4,6-9,19H,5,10-13H2. The topological polar surface area (TPSA) is 23.5 Å². The average molecular weight is 253 g/mol. The number of fused-ring (bicyclic) bond motifs is 3. The fourth-order valence-electron chi connectivity index (χ4n) is 2.83. The molecule has 2 heteroatoms. The molecule has 0 radical (unpaired) electrons. The summed E-state index contributed by atoms with van der Waals surface area (Å²) < 4.78 is 0. The van der Waals surface area contributed by atoms with Crippen molar-refractivity contribution in [2.75, 3.05) is 13.2 Å². The third-order valence-corrected chi connectivity index (χ3v) is 3.75. The van der Waals surface area contributed by atoms with E-state index in [0.29, 0.717) is 0 Å². The van der Waals surface area contributed by atoms with Gasteiger partial charge in [0.2, 0.25) is 0 Å². The van der Waals surface area contributed by atoms with E-state index in [-0.39, 0.29) is 6.61 Å². The van der Waals surface area contributed by atoms with Crippen LogP contribution in [0.3, 0.4) is 0 Å². The van der Waals surface area contributed by atoms with Crippen LogP contribution in [-0.2, 0) is 13.1 Å². The van der Waals surface area contributed by atoms with E-state index in [4.69, 9.17) is 5.11 Å². The first-order valence-electron chi connectivity index (χ1n) is 6.88. The monoisotopic (exact) mass is 253 g/mol. The minimum Gasteiger partial charge on any atom is -0.396 e. The van der Waals surface area contributed by atoms with Crippen LogP contribution >= 0.6 is 0 Å². The van der Waals surface area contributed by atoms with E-state index >= 15 is 0 Å². The SMILES string of the molecule is OCCCN1Cc2ccccc2-c2ccccc2C1. The van der Waals surface area contributed by atoms with Crippen LogP contribution in [0.15, 0.2) is 48.5 Å². The van der Waals surface area contributed by atoms with Gasteiger partial charge in [0.25, 0.3) is 0 Å². The van der Waals surface area contributed by atoms with Gasteiger partial charge in [-0.2, -0.15) is 0 Å². The number of benzene rings is 2. The largest absolute Gasteiger partial charge is 0.396 e. The third-order valence-electron chi connectivity index (χ3n) is 3.75. The molecule has 1 heterocycles. The molecular formula is C17H19NO. The Morgan fingerprint density at radius 3 is 1.89 bits per heavy atom. The smallest absolute Gasteiger partial charge is 0.0443 e. The van der Waals surface area contributed by atoms with Gasteiger partial charge in [-0.15, -0.1) is 0 Å². The van der Waals surface area contributed by atoms with Gasteiger partial charge in [-0.05, 0) is 28.7 Å². The summed E-state index contributed by atoms with van der Waals surface area (Å²) in [7, 11) is 0. The number of aliphatic hydroxyl groups is 1. The Labute approximate surface area is 114 Å². The Hall–Kier alpha value is -1.64. The Balaban J connectivity index is 2.02. The number of nitrogens with zero attached hydrogens (tertiary/aromatic N) is 1. The number of aliphatic hydroxyl groups excluding tert-OH is 1. The summed E-state index contributed by atoms with van der Waals surface area (Å²) in [6, 6.07) is 17.3. The Morgan fingerprint density at radius 2 is 1.37 bits per heavy atom. The normalized spacial score (nSPS) is 14.6. The summed E-state index contributed by atoms with van der Waals surface area (Å²) in [5, 5.41) is 9.03. The highest BCUT2D eigenvalue weighted by Crippen LogP contribution is 2.32. The first-order chi connectivity index (χ1) is 9.38. The van der Waals surface area contributed by atoms with Crippen LogP contribution in [0.2, 0.25) is 0 Å². The van der Waals surface area contributed by atoms with Crippen LogP contribution in [0.25, 0.3) is 11.1 Å². The van der Waals surface area contributed by atoms with Crippen molar-refractivity contribution in [1.29, 1.82) is 0 Å². The van der Waals surface area contributed by atoms with Crippen molar-refractivity contribution in [3.05, 3.63) is 59.7 Å². The molecule has 1 aliphatic heterocycles. The van der Waals surface area contributed by atoms with E-state index in [9.17, 15) is 0 Å². The first kappa shape index (κ1) is 12.4. The number of hydrogen-bond donors (Lipinski definition) is 1. The van der Waals surface area contributed by atoms with Crippen LogP contribution in [-0.4, -0.2) is 23.2 Å². The van der Waals surface area contributed by atoms with Gasteiger partial charge in [0.1, 0.15) is 0 Å². The Kier molecular flexibility index (Phi) is 3.62. The number of hydrogen-bond acceptors (Lipinski definition) is 2. The molecule has 2 nitrogen and oxygen atoms in total. The van der Waals surface area contributed by atoms with E-state index in [1.807, 2.05) is 0 Å². The zero-order chi connectivity index (χ0) is 13.1. The average Bonchev–Trinajstić information content (AvgIpc) is 2.61. The molecule has 19 heavy (non-hydrogen) atoms. The molecule has 0 aliphatic carbocycles. The zero-order valence-corrected chi connectivity index (χ0v) is 11.0. The first-order valence-corrected chi connectivity index (χ1v) is 6.88. The summed E-state index contributed by atoms with van der Waals surface area (Å²) >= 11 is 0. The summed E-state index contributed by atoms with van der Waals surface area (Å²) in [6.45, 7) is 3.13. The van der Waals surface area contributed by atoms with Crippen LogP contribution in [0.5, 0.6) is 0 Å². The highest BCUT2D eigenvalue weighted by Gasteiger charge is 2.17. The molecule has 0 spiro atoms. The summed E-state index contributed by atoms with van der Waals surface area (Å²) in [4.78, 5) is 2.42. The lowest BCUT2D eigenvalue weighted by atomic mass is 9.97. The van der Waals surface area contributed by atoms with Gasteiger partial charge in [0, 0.05) is 26.2 Å². The molecule has 0 bridgehead atoms. The van der Waals surface area contributed by atoms with Crippen molar-refractivity contribution in [2.24, 2.45) is 0 Å². The van der Waals surface area contributed by atoms with E-state index in [1.165, 1.54) is 22.3 Å². The maximum atomic E-state index is 9.03. The van der Waals surface area contributed by atoms with Gasteiger partial charge in [-0.25, -0.2) is 0 Å². The highest BCUT2D eigenvalue weighted by molar-refractivity contribution is 5.71. The second kappa shape index (κ2) is 5.55. The molecule has 0 unspecified atom stereocenters. The minimum atomic E-state index is 0.264. The van der Waals surface area contributed by atoms with E-state index in [0.717, 1.165) is 26.1 Å². The van der Waals surface area contributed by atoms with Crippen LogP contribution < -0.4 is 0 Å². The van der Waals surface area contributed by atoms with Gasteiger partial charge >= 0.3 is 0 Å². The van der Waals surface area contributed by atoms with Gasteiger partial charge in [-0.1, -0.05) is 48.5 Å². The van der Waals surface area contributed by atoms with Crippen LogP contribution in [0.1, 0.15) is 17.5 Å². The molecule has 3 rings (SSSR count).